The molecule has 1 amide bonds. The second-order valence-corrected chi connectivity index (χ2v) is 7.77. The fourth-order valence-electron chi connectivity index (χ4n) is 4.04. The summed E-state index contributed by atoms with van der Waals surface area (Å²) < 4.78 is 44.6. The van der Waals surface area contributed by atoms with Crippen molar-refractivity contribution < 1.29 is 27.8 Å². The molecule has 0 bridgehead atoms. The summed E-state index contributed by atoms with van der Waals surface area (Å²) in [4.78, 5) is 17.1. The smallest absolute Gasteiger partial charge is 0.254 e. The Kier molecular flexibility index (Phi) is 8.49. The van der Waals surface area contributed by atoms with E-state index in [9.17, 15) is 13.6 Å². The highest BCUT2D eigenvalue weighted by atomic mass is 19.1. The molecule has 3 rings (SSSR count). The normalized spacial score (nSPS) is 15.3. The molecule has 8 heteroatoms. The molecular weight excluding hydrogens is 430 g/mol. The van der Waals surface area contributed by atoms with Crippen molar-refractivity contribution in [3.63, 3.8) is 0 Å². The lowest BCUT2D eigenvalue weighted by atomic mass is 10.0. The monoisotopic (exact) mass is 462 g/mol. The van der Waals surface area contributed by atoms with Crippen LogP contribution < -0.4 is 14.2 Å². The van der Waals surface area contributed by atoms with E-state index in [-0.39, 0.29) is 11.9 Å². The topological polar surface area (TPSA) is 51.2 Å². The van der Waals surface area contributed by atoms with E-state index in [4.69, 9.17) is 14.2 Å². The third kappa shape index (κ3) is 5.74. The van der Waals surface area contributed by atoms with Crippen LogP contribution in [0.15, 0.2) is 30.3 Å². The van der Waals surface area contributed by atoms with Crippen LogP contribution in [0.4, 0.5) is 8.78 Å². The average Bonchev–Trinajstić information content (AvgIpc) is 2.80. The van der Waals surface area contributed by atoms with Crippen LogP contribution in [-0.4, -0.2) is 61.7 Å². The van der Waals surface area contributed by atoms with E-state index in [1.165, 1.54) is 12.1 Å². The lowest BCUT2D eigenvalue weighted by Crippen LogP contribution is -2.49. The van der Waals surface area contributed by atoms with Crippen LogP contribution in [0.25, 0.3) is 0 Å². The molecule has 1 aliphatic rings. The number of hydrogen-bond donors (Lipinski definition) is 0. The third-order valence-corrected chi connectivity index (χ3v) is 5.72. The third-order valence-electron chi connectivity index (χ3n) is 5.72. The van der Waals surface area contributed by atoms with Gasteiger partial charge in [0.2, 0.25) is 5.75 Å². The van der Waals surface area contributed by atoms with E-state index in [0.29, 0.717) is 74.4 Å². The van der Waals surface area contributed by atoms with Crippen LogP contribution in [-0.2, 0) is 0 Å². The summed E-state index contributed by atoms with van der Waals surface area (Å²) >= 11 is 0. The van der Waals surface area contributed by atoms with Gasteiger partial charge in [0.1, 0.15) is 11.6 Å². The van der Waals surface area contributed by atoms with Gasteiger partial charge >= 0.3 is 0 Å². The van der Waals surface area contributed by atoms with Crippen LogP contribution >= 0.6 is 0 Å². The molecule has 1 atom stereocenters. The van der Waals surface area contributed by atoms with Gasteiger partial charge in [0, 0.05) is 49.4 Å². The summed E-state index contributed by atoms with van der Waals surface area (Å²) in [7, 11) is 0. The molecule has 0 N–H and O–H groups in total. The first-order valence-corrected chi connectivity index (χ1v) is 11.4. The minimum atomic E-state index is -0.591. The van der Waals surface area contributed by atoms with Crippen LogP contribution in [0.1, 0.15) is 49.7 Å². The van der Waals surface area contributed by atoms with Crippen molar-refractivity contribution in [1.29, 1.82) is 0 Å². The van der Waals surface area contributed by atoms with Gasteiger partial charge in [-0.15, -0.1) is 0 Å². The first kappa shape index (κ1) is 24.8. The number of carbonyl (C=O) groups excluding carboxylic acids is 1. The Morgan fingerprint density at radius 2 is 1.48 bits per heavy atom. The highest BCUT2D eigenvalue weighted by molar-refractivity contribution is 5.95. The molecule has 1 fully saturated rings. The Hall–Kier alpha value is -2.87. The molecule has 1 heterocycles. The van der Waals surface area contributed by atoms with E-state index in [0.717, 1.165) is 6.07 Å². The standard InChI is InChI=1S/C25H32F2N2O4/c1-5-31-22-14-18(15-23(32-6-2)24(22)33-7-3)25(30)29-12-10-28(11-13-29)17(4)20-9-8-19(26)16-21(20)27/h8-9,14-17H,5-7,10-13H2,1-4H3. The molecule has 0 spiro atoms. The van der Waals surface area contributed by atoms with E-state index in [2.05, 4.69) is 4.90 Å². The molecule has 2 aromatic rings. The number of nitrogens with zero attached hydrogens (tertiary/aromatic N) is 2. The van der Waals surface area contributed by atoms with Gasteiger partial charge in [-0.1, -0.05) is 6.07 Å². The van der Waals surface area contributed by atoms with Crippen LogP contribution in [0, 0.1) is 11.6 Å². The predicted octanol–water partition coefficient (Wildman–Crippen LogP) is 4.68. The first-order valence-electron chi connectivity index (χ1n) is 11.4. The van der Waals surface area contributed by atoms with Crippen molar-refractivity contribution in [1.82, 2.24) is 9.80 Å². The van der Waals surface area contributed by atoms with Crippen molar-refractivity contribution in [2.45, 2.75) is 33.7 Å². The molecular formula is C25H32F2N2O4. The van der Waals surface area contributed by atoms with Crippen molar-refractivity contribution >= 4 is 5.91 Å². The number of halogens is 2. The Morgan fingerprint density at radius 1 is 0.909 bits per heavy atom. The fraction of sp³-hybridized carbons (Fsp3) is 0.480. The van der Waals surface area contributed by atoms with Gasteiger partial charge in [0.05, 0.1) is 19.8 Å². The summed E-state index contributed by atoms with van der Waals surface area (Å²) in [5.74, 6) is 0.188. The van der Waals surface area contributed by atoms with Crippen LogP contribution in [0.2, 0.25) is 0 Å². The zero-order valence-corrected chi connectivity index (χ0v) is 19.7. The molecule has 0 saturated carbocycles. The molecule has 33 heavy (non-hydrogen) atoms. The predicted molar refractivity (Wildman–Crippen MR) is 122 cm³/mol. The molecule has 0 aromatic heterocycles. The number of benzene rings is 2. The second-order valence-electron chi connectivity index (χ2n) is 7.77. The summed E-state index contributed by atoms with van der Waals surface area (Å²) in [5, 5.41) is 0. The summed E-state index contributed by atoms with van der Waals surface area (Å²) in [6, 6.07) is 6.83. The SMILES string of the molecule is CCOc1cc(C(=O)N2CCN(C(C)c3ccc(F)cc3F)CC2)cc(OCC)c1OCC. The molecule has 0 radical (unpaired) electrons. The fourth-order valence-corrected chi connectivity index (χ4v) is 4.04. The largest absolute Gasteiger partial charge is 0.490 e. The Labute approximate surface area is 194 Å². The van der Waals surface area contributed by atoms with Gasteiger partial charge in [-0.3, -0.25) is 9.69 Å². The summed E-state index contributed by atoms with van der Waals surface area (Å²) in [5.41, 5.74) is 0.918. The van der Waals surface area contributed by atoms with Crippen LogP contribution in [0.3, 0.4) is 0 Å². The maximum atomic E-state index is 14.2. The minimum absolute atomic E-state index is 0.125. The van der Waals surface area contributed by atoms with Crippen molar-refractivity contribution in [3.8, 4) is 17.2 Å². The van der Waals surface area contributed by atoms with Gasteiger partial charge in [-0.25, -0.2) is 8.78 Å². The Balaban J connectivity index is 1.74. The van der Waals surface area contributed by atoms with Crippen molar-refractivity contribution in [2.75, 3.05) is 46.0 Å². The van der Waals surface area contributed by atoms with Crippen LogP contribution in [0.5, 0.6) is 17.2 Å². The number of piperazine rings is 1. The first-order chi connectivity index (χ1) is 15.9. The average molecular weight is 463 g/mol. The Morgan fingerprint density at radius 3 is 2.00 bits per heavy atom. The van der Waals surface area contributed by atoms with E-state index in [1.807, 2.05) is 27.7 Å². The van der Waals surface area contributed by atoms with Gasteiger partial charge in [0.15, 0.2) is 11.5 Å². The molecule has 6 nitrogen and oxygen atoms in total. The highest BCUT2D eigenvalue weighted by Crippen LogP contribution is 2.39. The van der Waals surface area contributed by atoms with Gasteiger partial charge in [-0.2, -0.15) is 0 Å². The van der Waals surface area contributed by atoms with E-state index < -0.39 is 11.6 Å². The molecule has 1 aliphatic heterocycles. The maximum Gasteiger partial charge on any atom is 0.254 e. The van der Waals surface area contributed by atoms with E-state index >= 15 is 0 Å². The number of carbonyl (C=O) groups is 1. The second kappa shape index (κ2) is 11.3. The minimum Gasteiger partial charge on any atom is -0.490 e. The zero-order valence-electron chi connectivity index (χ0n) is 19.7. The number of hydrogen-bond acceptors (Lipinski definition) is 5. The lowest BCUT2D eigenvalue weighted by molar-refractivity contribution is 0.0578. The summed E-state index contributed by atoms with van der Waals surface area (Å²) in [6.45, 7) is 11.0. The zero-order chi connectivity index (χ0) is 24.0. The van der Waals surface area contributed by atoms with E-state index in [1.54, 1.807) is 17.0 Å². The molecule has 180 valence electrons. The molecule has 0 aliphatic carbocycles. The van der Waals surface area contributed by atoms with Gasteiger partial charge < -0.3 is 19.1 Å². The summed E-state index contributed by atoms with van der Waals surface area (Å²) in [6.07, 6.45) is 0. The van der Waals surface area contributed by atoms with Crippen molar-refractivity contribution in [3.05, 3.63) is 53.1 Å². The van der Waals surface area contributed by atoms with Gasteiger partial charge in [0.25, 0.3) is 5.91 Å². The lowest BCUT2D eigenvalue weighted by Gasteiger charge is -2.38. The maximum absolute atomic E-state index is 14.2. The quantitative estimate of drug-likeness (QED) is 0.542. The Bertz CT molecular complexity index is 934. The number of rotatable bonds is 9. The van der Waals surface area contributed by atoms with Crippen molar-refractivity contribution in [2.24, 2.45) is 0 Å². The highest BCUT2D eigenvalue weighted by Gasteiger charge is 2.28. The number of amides is 1. The number of ether oxygens (including phenoxy) is 3. The molecule has 2 aromatic carbocycles. The van der Waals surface area contributed by atoms with Gasteiger partial charge in [-0.05, 0) is 45.9 Å². The molecule has 1 saturated heterocycles. The molecule has 1 unspecified atom stereocenters.